The zero-order chi connectivity index (χ0) is 7.56. The Balaban J connectivity index is 2.29. The number of hydrogen-bond acceptors (Lipinski definition) is 3. The largest absolute Gasteiger partial charge is 0.368 e. The van der Waals surface area contributed by atoms with Crippen molar-refractivity contribution in [1.29, 1.82) is 0 Å². The number of ether oxygens (including phenoxy) is 1. The van der Waals surface area contributed by atoms with E-state index in [9.17, 15) is 5.11 Å². The average Bonchev–Trinajstić information content (AvgIpc) is 2.34. The molecule has 3 nitrogen and oxygen atoms in total. The molecule has 0 aromatic carbocycles. The van der Waals surface area contributed by atoms with Crippen molar-refractivity contribution in [3.05, 3.63) is 0 Å². The molecule has 0 bridgehead atoms. The molecule has 0 aromatic rings. The van der Waals surface area contributed by atoms with E-state index < -0.39 is 6.29 Å². The van der Waals surface area contributed by atoms with Gasteiger partial charge in [-0.1, -0.05) is 0 Å². The maximum Gasteiger partial charge on any atom is 0.158 e. The highest BCUT2D eigenvalue weighted by molar-refractivity contribution is 4.74. The van der Waals surface area contributed by atoms with E-state index in [1.165, 1.54) is 0 Å². The van der Waals surface area contributed by atoms with Crippen LogP contribution in [0.15, 0.2) is 0 Å². The highest BCUT2D eigenvalue weighted by Gasteiger charge is 2.25. The van der Waals surface area contributed by atoms with Crippen LogP contribution >= 0.6 is 0 Å². The van der Waals surface area contributed by atoms with Crippen LogP contribution in [0.2, 0.25) is 0 Å². The zero-order valence-corrected chi connectivity index (χ0v) is 6.58. The van der Waals surface area contributed by atoms with Gasteiger partial charge in [0.25, 0.3) is 0 Å². The van der Waals surface area contributed by atoms with Gasteiger partial charge in [-0.2, -0.15) is 0 Å². The Morgan fingerprint density at radius 3 is 2.80 bits per heavy atom. The SMILES string of the molecule is CO[C@@H](O)[C@@H]1CCN(C)C1. The molecule has 3 heteroatoms. The van der Waals surface area contributed by atoms with Gasteiger partial charge in [0.05, 0.1) is 0 Å². The summed E-state index contributed by atoms with van der Waals surface area (Å²) in [4.78, 5) is 2.20. The summed E-state index contributed by atoms with van der Waals surface area (Å²) in [5, 5.41) is 9.23. The molecule has 1 heterocycles. The molecule has 10 heavy (non-hydrogen) atoms. The van der Waals surface area contributed by atoms with E-state index in [-0.39, 0.29) is 0 Å². The van der Waals surface area contributed by atoms with Crippen LogP contribution in [0.4, 0.5) is 0 Å². The van der Waals surface area contributed by atoms with Crippen LogP contribution in [0.5, 0.6) is 0 Å². The summed E-state index contributed by atoms with van der Waals surface area (Å²) >= 11 is 0. The van der Waals surface area contributed by atoms with Gasteiger partial charge in [-0.3, -0.25) is 0 Å². The molecule has 0 radical (unpaired) electrons. The van der Waals surface area contributed by atoms with Gasteiger partial charge in [-0.15, -0.1) is 0 Å². The van der Waals surface area contributed by atoms with Crippen LogP contribution in [0.1, 0.15) is 6.42 Å². The molecule has 0 amide bonds. The standard InChI is InChI=1S/C7H15NO2/c1-8-4-3-6(5-8)7(9)10-2/h6-7,9H,3-5H2,1-2H3/t6-,7-/m1/s1. The molecule has 60 valence electrons. The highest BCUT2D eigenvalue weighted by Crippen LogP contribution is 2.17. The van der Waals surface area contributed by atoms with Crippen LogP contribution in [-0.2, 0) is 4.74 Å². The van der Waals surface area contributed by atoms with Gasteiger partial charge in [-0.25, -0.2) is 0 Å². The minimum Gasteiger partial charge on any atom is -0.368 e. The van der Waals surface area contributed by atoms with E-state index in [4.69, 9.17) is 4.74 Å². The lowest BCUT2D eigenvalue weighted by Gasteiger charge is -2.15. The first-order valence-corrected chi connectivity index (χ1v) is 3.63. The molecule has 2 atom stereocenters. The number of aliphatic hydroxyl groups excluding tert-OH is 1. The molecule has 0 aromatic heterocycles. The third kappa shape index (κ3) is 1.68. The molecule has 1 fully saturated rings. The third-order valence-corrected chi connectivity index (χ3v) is 2.07. The predicted octanol–water partition coefficient (Wildman–Crippen LogP) is -0.0971. The summed E-state index contributed by atoms with van der Waals surface area (Å²) in [5.74, 6) is 0.315. The first-order valence-electron chi connectivity index (χ1n) is 3.63. The number of rotatable bonds is 2. The molecule has 0 saturated carbocycles. The second-order valence-electron chi connectivity index (χ2n) is 2.94. The molecular weight excluding hydrogens is 130 g/mol. The van der Waals surface area contributed by atoms with Crippen molar-refractivity contribution in [3.8, 4) is 0 Å². The predicted molar refractivity (Wildman–Crippen MR) is 38.6 cm³/mol. The Morgan fingerprint density at radius 1 is 1.70 bits per heavy atom. The normalized spacial score (nSPS) is 30.9. The van der Waals surface area contributed by atoms with E-state index in [2.05, 4.69) is 11.9 Å². The molecule has 0 aliphatic carbocycles. The van der Waals surface area contributed by atoms with Crippen molar-refractivity contribution in [1.82, 2.24) is 4.90 Å². The average molecular weight is 145 g/mol. The van der Waals surface area contributed by atoms with Crippen LogP contribution < -0.4 is 0 Å². The van der Waals surface area contributed by atoms with Crippen molar-refractivity contribution < 1.29 is 9.84 Å². The molecule has 0 spiro atoms. The third-order valence-electron chi connectivity index (χ3n) is 2.07. The van der Waals surface area contributed by atoms with Gasteiger partial charge in [0.1, 0.15) is 0 Å². The molecule has 1 saturated heterocycles. The number of nitrogens with zero attached hydrogens (tertiary/aromatic N) is 1. The van der Waals surface area contributed by atoms with Gasteiger partial charge in [0.2, 0.25) is 0 Å². The van der Waals surface area contributed by atoms with E-state index in [1.807, 2.05) is 0 Å². The van der Waals surface area contributed by atoms with Gasteiger partial charge < -0.3 is 14.7 Å². The second kappa shape index (κ2) is 3.32. The summed E-state index contributed by atoms with van der Waals surface area (Å²) in [6.07, 6.45) is 0.482. The van der Waals surface area contributed by atoms with Gasteiger partial charge >= 0.3 is 0 Å². The minimum atomic E-state index is -0.565. The lowest BCUT2D eigenvalue weighted by Crippen LogP contribution is -2.24. The summed E-state index contributed by atoms with van der Waals surface area (Å²) in [5.41, 5.74) is 0. The van der Waals surface area contributed by atoms with Crippen LogP contribution in [0.3, 0.4) is 0 Å². The second-order valence-corrected chi connectivity index (χ2v) is 2.94. The fraction of sp³-hybridized carbons (Fsp3) is 1.00. The smallest absolute Gasteiger partial charge is 0.158 e. The van der Waals surface area contributed by atoms with Crippen molar-refractivity contribution in [2.75, 3.05) is 27.2 Å². The Labute approximate surface area is 61.6 Å². The van der Waals surface area contributed by atoms with E-state index >= 15 is 0 Å². The lowest BCUT2D eigenvalue weighted by molar-refractivity contribution is -0.109. The number of aliphatic hydroxyl groups is 1. The lowest BCUT2D eigenvalue weighted by atomic mass is 10.1. The van der Waals surface area contributed by atoms with E-state index in [0.717, 1.165) is 19.5 Å². The molecule has 1 aliphatic heterocycles. The molecule has 1 aliphatic rings. The number of likely N-dealkylation sites (tertiary alicyclic amines) is 1. The van der Waals surface area contributed by atoms with Crippen molar-refractivity contribution in [2.24, 2.45) is 5.92 Å². The summed E-state index contributed by atoms with van der Waals surface area (Å²) < 4.78 is 4.81. The Morgan fingerprint density at radius 2 is 2.40 bits per heavy atom. The van der Waals surface area contributed by atoms with Gasteiger partial charge in [-0.05, 0) is 20.0 Å². The Hall–Kier alpha value is -0.120. The van der Waals surface area contributed by atoms with Crippen LogP contribution in [0.25, 0.3) is 0 Å². The zero-order valence-electron chi connectivity index (χ0n) is 6.58. The molecule has 1 N–H and O–H groups in total. The first-order chi connectivity index (χ1) is 4.74. The van der Waals surface area contributed by atoms with Gasteiger partial charge in [0, 0.05) is 19.6 Å². The van der Waals surface area contributed by atoms with Crippen molar-refractivity contribution in [2.45, 2.75) is 12.7 Å². The first kappa shape index (κ1) is 7.98. The topological polar surface area (TPSA) is 32.7 Å². The van der Waals surface area contributed by atoms with Crippen molar-refractivity contribution >= 4 is 0 Å². The monoisotopic (exact) mass is 145 g/mol. The van der Waals surface area contributed by atoms with E-state index in [0.29, 0.717) is 5.92 Å². The summed E-state index contributed by atoms with van der Waals surface area (Å²) in [6, 6.07) is 0. The summed E-state index contributed by atoms with van der Waals surface area (Å²) in [6.45, 7) is 2.03. The quantitative estimate of drug-likeness (QED) is 0.551. The number of hydrogen-bond donors (Lipinski definition) is 1. The maximum absolute atomic E-state index is 9.23. The van der Waals surface area contributed by atoms with Crippen LogP contribution in [0, 0.1) is 5.92 Å². The Bertz CT molecular complexity index is 108. The minimum absolute atomic E-state index is 0.315. The van der Waals surface area contributed by atoms with E-state index in [1.54, 1.807) is 7.11 Å². The molecule has 1 rings (SSSR count). The fourth-order valence-electron chi connectivity index (χ4n) is 1.39. The summed E-state index contributed by atoms with van der Waals surface area (Å²) in [7, 11) is 3.60. The maximum atomic E-state index is 9.23. The highest BCUT2D eigenvalue weighted by atomic mass is 16.6. The molecular formula is C7H15NO2. The van der Waals surface area contributed by atoms with Crippen molar-refractivity contribution in [3.63, 3.8) is 0 Å². The van der Waals surface area contributed by atoms with Gasteiger partial charge in [0.15, 0.2) is 6.29 Å². The van der Waals surface area contributed by atoms with Crippen LogP contribution in [-0.4, -0.2) is 43.5 Å². The number of methoxy groups -OCH3 is 1. The Kier molecular flexibility index (Phi) is 2.65. The fourth-order valence-corrected chi connectivity index (χ4v) is 1.39. The molecule has 0 unspecified atom stereocenters.